The number of cyclic esters (lactones) is 1. The van der Waals surface area contributed by atoms with Gasteiger partial charge in [-0.05, 0) is 90.9 Å². The van der Waals surface area contributed by atoms with E-state index in [0.717, 1.165) is 110 Å². The molecular formula is C47H118O17-2. The SMILES string of the molecule is C.C.C.C/C=C\C.C1CCOC1.CCCC.CCCCO.CCCCO.CCCCO.O=C1CCCO1.O=CCCCO.OCCCCO.OCCCCOC1CCCO1.[H+].[H+].[HH].[HH].[OH-].[OH-].[OH-].[OH-]. The number of aliphatic hydroxyl groups is 7. The van der Waals surface area contributed by atoms with Crippen molar-refractivity contribution in [2.75, 3.05) is 79.3 Å². The van der Waals surface area contributed by atoms with Gasteiger partial charge in [-0.2, -0.15) is 0 Å². The molecule has 0 aromatic rings. The van der Waals surface area contributed by atoms with Crippen molar-refractivity contribution in [1.82, 2.24) is 0 Å². The Bertz CT molecular complexity index is 617. The van der Waals surface area contributed by atoms with E-state index >= 15 is 0 Å². The zero-order valence-electron chi connectivity index (χ0n) is 41.8. The highest BCUT2D eigenvalue weighted by Crippen LogP contribution is 2.13. The van der Waals surface area contributed by atoms with Gasteiger partial charge in [-0.25, -0.2) is 0 Å². The molecule has 64 heavy (non-hydrogen) atoms. The van der Waals surface area contributed by atoms with E-state index in [-0.39, 0.29) is 88.6 Å². The van der Waals surface area contributed by atoms with Crippen molar-refractivity contribution in [1.29, 1.82) is 0 Å². The number of hydrogen-bond donors (Lipinski definition) is 7. The van der Waals surface area contributed by atoms with Crippen molar-refractivity contribution in [2.24, 2.45) is 0 Å². The zero-order valence-corrected chi connectivity index (χ0v) is 39.8. The van der Waals surface area contributed by atoms with E-state index in [1.807, 2.05) is 26.0 Å². The summed E-state index contributed by atoms with van der Waals surface area (Å²) in [5.41, 5.74) is 0. The molecule has 410 valence electrons. The minimum atomic E-state index is -0.0463. The van der Waals surface area contributed by atoms with Crippen LogP contribution in [0.3, 0.4) is 0 Å². The molecule has 11 N–H and O–H groups in total. The van der Waals surface area contributed by atoms with Gasteiger partial charge >= 0.3 is 8.82 Å². The maximum Gasteiger partial charge on any atom is 1.00 e. The average Bonchev–Trinajstić information content (AvgIpc) is 4.08. The third kappa shape index (κ3) is 152. The fraction of sp³-hybridized carbons (Fsp3) is 0.915. The number of esters is 1. The Morgan fingerprint density at radius 3 is 1.12 bits per heavy atom. The highest BCUT2D eigenvalue weighted by atomic mass is 16.7. The van der Waals surface area contributed by atoms with E-state index in [1.54, 1.807) is 0 Å². The first-order chi connectivity index (χ1) is 27.7. The van der Waals surface area contributed by atoms with Crippen LogP contribution in [0.25, 0.3) is 0 Å². The third-order valence-corrected chi connectivity index (χ3v) is 6.77. The number of ether oxygens (including phenoxy) is 4. The molecule has 0 aromatic heterocycles. The summed E-state index contributed by atoms with van der Waals surface area (Å²) in [6.45, 7) is 20.5. The number of aldehydes is 1. The van der Waals surface area contributed by atoms with Crippen molar-refractivity contribution in [3.63, 3.8) is 0 Å². The van der Waals surface area contributed by atoms with Crippen molar-refractivity contribution in [3.8, 4) is 0 Å². The molecule has 17 nitrogen and oxygen atoms in total. The Labute approximate surface area is 400 Å². The maximum absolute atomic E-state index is 10.0. The van der Waals surface area contributed by atoms with Gasteiger partial charge < -0.3 is 81.4 Å². The van der Waals surface area contributed by atoms with Crippen LogP contribution in [0.5, 0.6) is 0 Å². The lowest BCUT2D eigenvalue weighted by atomic mass is 10.3. The number of unbranched alkanes of at least 4 members (excludes halogenated alkanes) is 7. The molecule has 0 bridgehead atoms. The second-order valence-electron chi connectivity index (χ2n) is 12.5. The second-order valence-corrected chi connectivity index (χ2v) is 12.5. The van der Waals surface area contributed by atoms with Crippen LogP contribution < -0.4 is 0 Å². The lowest BCUT2D eigenvalue weighted by Gasteiger charge is -2.09. The minimum Gasteiger partial charge on any atom is -0.870 e. The van der Waals surface area contributed by atoms with Crippen LogP contribution in [0.4, 0.5) is 0 Å². The highest BCUT2D eigenvalue weighted by Gasteiger charge is 2.14. The van der Waals surface area contributed by atoms with E-state index in [4.69, 9.17) is 50.0 Å². The van der Waals surface area contributed by atoms with Crippen molar-refractivity contribution in [2.45, 2.75) is 205 Å². The normalized spacial score (nSPS) is 12.7. The lowest BCUT2D eigenvalue weighted by Crippen LogP contribution is -2.11. The highest BCUT2D eigenvalue weighted by molar-refractivity contribution is 5.70. The maximum atomic E-state index is 10.0. The number of allylic oxidation sites excluding steroid dienone is 2. The Hall–Kier alpha value is -1.68. The largest absolute Gasteiger partial charge is 1.00 e. The Morgan fingerprint density at radius 2 is 0.953 bits per heavy atom. The smallest absolute Gasteiger partial charge is 0.870 e. The molecule has 17 heteroatoms. The molecule has 1 unspecified atom stereocenters. The van der Waals surface area contributed by atoms with Gasteiger partial charge in [0, 0.05) is 94.8 Å². The van der Waals surface area contributed by atoms with Gasteiger partial charge in [0.25, 0.3) is 0 Å². The first kappa shape index (κ1) is 100. The molecule has 3 saturated heterocycles. The molecule has 3 aliphatic rings. The van der Waals surface area contributed by atoms with Crippen molar-refractivity contribution in [3.05, 3.63) is 12.2 Å². The van der Waals surface area contributed by atoms with Crippen molar-refractivity contribution >= 4 is 12.3 Å². The number of rotatable bonds is 18. The van der Waals surface area contributed by atoms with Crippen LogP contribution in [-0.4, -0.2) is 155 Å². The summed E-state index contributed by atoms with van der Waals surface area (Å²) in [4.78, 5) is 19.5. The molecule has 0 spiro atoms. The summed E-state index contributed by atoms with van der Waals surface area (Å²) in [6.07, 6.45) is 24.1. The first-order valence-corrected chi connectivity index (χ1v) is 22.0. The Morgan fingerprint density at radius 1 is 0.562 bits per heavy atom. The van der Waals surface area contributed by atoms with E-state index in [2.05, 4.69) is 39.4 Å². The van der Waals surface area contributed by atoms with Crippen LogP contribution in [0.2, 0.25) is 0 Å². The fourth-order valence-corrected chi connectivity index (χ4v) is 2.97. The summed E-state index contributed by atoms with van der Waals surface area (Å²) < 4.78 is 20.1. The monoisotopic (exact) mass is 955 g/mol. The summed E-state index contributed by atoms with van der Waals surface area (Å²) >= 11 is 0. The fourth-order valence-electron chi connectivity index (χ4n) is 2.97. The molecule has 0 saturated carbocycles. The van der Waals surface area contributed by atoms with E-state index in [1.165, 1.54) is 25.7 Å². The molecule has 0 aliphatic carbocycles. The van der Waals surface area contributed by atoms with Crippen molar-refractivity contribution < 1.29 is 91.9 Å². The zero-order chi connectivity index (χ0) is 44.7. The van der Waals surface area contributed by atoms with Gasteiger partial charge in [0.05, 0.1) is 6.61 Å². The van der Waals surface area contributed by atoms with Crippen LogP contribution in [0.15, 0.2) is 12.2 Å². The number of carbonyl (C=O) groups is 2. The minimum absolute atomic E-state index is 0. The predicted octanol–water partition coefficient (Wildman–Crippen LogP) is 9.38. The van der Waals surface area contributed by atoms with Gasteiger partial charge in [-0.15, -0.1) is 0 Å². The first-order valence-electron chi connectivity index (χ1n) is 22.0. The summed E-state index contributed by atoms with van der Waals surface area (Å²) in [5.74, 6) is -0.0463. The van der Waals surface area contributed by atoms with Crippen LogP contribution in [0.1, 0.15) is 205 Å². The quantitative estimate of drug-likeness (QED) is 0.0291. The van der Waals surface area contributed by atoms with Crippen LogP contribution in [0, 0.1) is 0 Å². The number of hydrogen-bond acceptors (Lipinski definition) is 17. The molecule has 0 aromatic carbocycles. The van der Waals surface area contributed by atoms with E-state index in [0.29, 0.717) is 52.3 Å². The lowest BCUT2D eigenvalue weighted by molar-refractivity contribution is -0.138. The molecule has 3 fully saturated rings. The molecule has 3 rings (SSSR count). The molecule has 3 heterocycles. The number of carbonyl (C=O) groups excluding carboxylic acids is 2. The second kappa shape index (κ2) is 119. The predicted molar refractivity (Wildman–Crippen MR) is 269 cm³/mol. The molecular weight excluding hydrogens is 837 g/mol. The standard InChI is InChI=1S/C8H16O3.C4H6O2.C4H10O2.C4H8O2.C4H8O.3C4H10O.C4H10.C4H8.3CH4.4H2O.2H2/c9-5-1-2-6-10-8-4-3-7-11-8;5-4-2-1-3-6-4;2*5-3-1-2-4-6;1-2-4-5-3-1;3*1-2-3-4-5;2*1-3-4-2;;;;;;;;;/h8-9H,1-7H2;1-3H2;5-6H,1-4H2;3,6H,1-2,4H2;1-4H2;3*5H,2-4H2,1H3;3-4H2,1-2H3;3-4H,1-2H3;3*1H4;4*1H2;2*1H/p-2/b;;;;;;;;;4-3-;;;;;;;;;. The Kier molecular flexibility index (Phi) is 186. The Balaban J connectivity index is -0.0000000255. The van der Waals surface area contributed by atoms with Crippen LogP contribution >= 0.6 is 0 Å². The summed E-state index contributed by atoms with van der Waals surface area (Å²) in [6, 6.07) is 0. The van der Waals surface area contributed by atoms with Crippen LogP contribution in [-0.2, 0) is 28.5 Å². The average molecular weight is 955 g/mol. The topological polar surface area (TPSA) is 333 Å². The number of aliphatic hydroxyl groups excluding tert-OH is 7. The molecule has 0 radical (unpaired) electrons. The van der Waals surface area contributed by atoms with Gasteiger partial charge in [0.15, 0.2) is 6.29 Å². The van der Waals surface area contributed by atoms with Gasteiger partial charge in [-0.1, -0.05) is 101 Å². The van der Waals surface area contributed by atoms with E-state index < -0.39 is 0 Å². The molecule has 1 atom stereocenters. The van der Waals surface area contributed by atoms with Gasteiger partial charge in [0.1, 0.15) is 6.29 Å². The molecule has 0 amide bonds. The molecule has 3 aliphatic heterocycles. The van der Waals surface area contributed by atoms with Gasteiger partial charge in [0.2, 0.25) is 0 Å². The summed E-state index contributed by atoms with van der Waals surface area (Å²) in [5, 5.41) is 56.9. The van der Waals surface area contributed by atoms with Gasteiger partial charge in [-0.3, -0.25) is 4.79 Å². The summed E-state index contributed by atoms with van der Waals surface area (Å²) in [7, 11) is 0. The van der Waals surface area contributed by atoms with E-state index in [9.17, 15) is 9.59 Å². The third-order valence-electron chi connectivity index (χ3n) is 6.77.